The van der Waals surface area contributed by atoms with E-state index in [-0.39, 0.29) is 6.04 Å². The van der Waals surface area contributed by atoms with Crippen molar-refractivity contribution in [2.24, 2.45) is 0 Å². The first-order valence-electron chi connectivity index (χ1n) is 5.66. The summed E-state index contributed by atoms with van der Waals surface area (Å²) in [5.41, 5.74) is 0. The number of hydrogen-bond donors (Lipinski definition) is 1. The normalized spacial score (nSPS) is 24.8. The van der Waals surface area contributed by atoms with Crippen molar-refractivity contribution in [2.75, 3.05) is 6.61 Å². The SMILES string of the molecule is N#CC(COC1CCCC1)NC1CC1. The quantitative estimate of drug-likeness (QED) is 0.723. The molecule has 78 valence electrons. The molecule has 2 aliphatic carbocycles. The van der Waals surface area contributed by atoms with Crippen LogP contribution in [0.15, 0.2) is 0 Å². The maximum atomic E-state index is 8.88. The van der Waals surface area contributed by atoms with Crippen LogP contribution in [0, 0.1) is 11.3 Å². The average Bonchev–Trinajstić information content (AvgIpc) is 2.86. The van der Waals surface area contributed by atoms with Crippen LogP contribution in [0.25, 0.3) is 0 Å². The third-order valence-electron chi connectivity index (χ3n) is 2.97. The van der Waals surface area contributed by atoms with Crippen LogP contribution in [0.2, 0.25) is 0 Å². The molecule has 0 radical (unpaired) electrons. The van der Waals surface area contributed by atoms with Gasteiger partial charge in [0.2, 0.25) is 0 Å². The predicted molar refractivity (Wildman–Crippen MR) is 53.8 cm³/mol. The Kier molecular flexibility index (Phi) is 3.39. The molecule has 2 aliphatic rings. The molecule has 0 aromatic heterocycles. The largest absolute Gasteiger partial charge is 0.375 e. The summed E-state index contributed by atoms with van der Waals surface area (Å²) >= 11 is 0. The van der Waals surface area contributed by atoms with Crippen molar-refractivity contribution in [3.05, 3.63) is 0 Å². The summed E-state index contributed by atoms with van der Waals surface area (Å²) in [4.78, 5) is 0. The van der Waals surface area contributed by atoms with Gasteiger partial charge < -0.3 is 4.74 Å². The van der Waals surface area contributed by atoms with Gasteiger partial charge in [0.25, 0.3) is 0 Å². The van der Waals surface area contributed by atoms with E-state index in [0.29, 0.717) is 18.8 Å². The fourth-order valence-electron chi connectivity index (χ4n) is 1.94. The minimum atomic E-state index is -0.0944. The van der Waals surface area contributed by atoms with Gasteiger partial charge in [-0.25, -0.2) is 0 Å². The molecule has 1 unspecified atom stereocenters. The van der Waals surface area contributed by atoms with Crippen LogP contribution in [0.1, 0.15) is 38.5 Å². The van der Waals surface area contributed by atoms with Crippen molar-refractivity contribution < 1.29 is 4.74 Å². The molecule has 0 aromatic carbocycles. The molecular weight excluding hydrogens is 176 g/mol. The smallest absolute Gasteiger partial charge is 0.119 e. The van der Waals surface area contributed by atoms with Crippen molar-refractivity contribution in [2.45, 2.75) is 56.7 Å². The Morgan fingerprint density at radius 2 is 2.00 bits per heavy atom. The van der Waals surface area contributed by atoms with Gasteiger partial charge in [-0.15, -0.1) is 0 Å². The van der Waals surface area contributed by atoms with Crippen LogP contribution in [0.3, 0.4) is 0 Å². The topological polar surface area (TPSA) is 45.0 Å². The molecular formula is C11H18N2O. The molecule has 1 N–H and O–H groups in total. The van der Waals surface area contributed by atoms with Crippen molar-refractivity contribution in [1.82, 2.24) is 5.32 Å². The van der Waals surface area contributed by atoms with E-state index in [2.05, 4.69) is 11.4 Å². The summed E-state index contributed by atoms with van der Waals surface area (Å²) in [7, 11) is 0. The molecule has 1 atom stereocenters. The van der Waals surface area contributed by atoms with E-state index in [1.54, 1.807) is 0 Å². The van der Waals surface area contributed by atoms with Gasteiger partial charge in [0.15, 0.2) is 0 Å². The molecule has 3 nitrogen and oxygen atoms in total. The standard InChI is InChI=1S/C11H18N2O/c12-7-10(13-9-5-6-9)8-14-11-3-1-2-4-11/h9-11,13H,1-6,8H2. The van der Waals surface area contributed by atoms with E-state index in [4.69, 9.17) is 10.00 Å². The Labute approximate surface area is 85.4 Å². The highest BCUT2D eigenvalue weighted by atomic mass is 16.5. The minimum Gasteiger partial charge on any atom is -0.375 e. The maximum Gasteiger partial charge on any atom is 0.119 e. The third kappa shape index (κ3) is 2.97. The molecule has 0 aliphatic heterocycles. The van der Waals surface area contributed by atoms with E-state index in [1.807, 2.05) is 0 Å². The first-order valence-corrected chi connectivity index (χ1v) is 5.66. The van der Waals surface area contributed by atoms with Crippen molar-refractivity contribution >= 4 is 0 Å². The van der Waals surface area contributed by atoms with Crippen LogP contribution in [0.4, 0.5) is 0 Å². The number of hydrogen-bond acceptors (Lipinski definition) is 3. The number of rotatable bonds is 5. The molecule has 14 heavy (non-hydrogen) atoms. The molecule has 0 aromatic rings. The van der Waals surface area contributed by atoms with Crippen LogP contribution in [0.5, 0.6) is 0 Å². The molecule has 0 amide bonds. The predicted octanol–water partition coefficient (Wildman–Crippen LogP) is 1.59. The molecule has 2 rings (SSSR count). The van der Waals surface area contributed by atoms with Crippen LogP contribution < -0.4 is 5.32 Å². The van der Waals surface area contributed by atoms with Crippen molar-refractivity contribution in [3.8, 4) is 6.07 Å². The van der Waals surface area contributed by atoms with Gasteiger partial charge in [-0.2, -0.15) is 5.26 Å². The van der Waals surface area contributed by atoms with Crippen LogP contribution in [-0.2, 0) is 4.74 Å². The molecule has 3 heteroatoms. The number of nitrogens with zero attached hydrogens (tertiary/aromatic N) is 1. The van der Waals surface area contributed by atoms with E-state index < -0.39 is 0 Å². The molecule has 0 saturated heterocycles. The molecule has 2 fully saturated rings. The third-order valence-corrected chi connectivity index (χ3v) is 2.97. The Morgan fingerprint density at radius 1 is 1.29 bits per heavy atom. The van der Waals surface area contributed by atoms with Crippen molar-refractivity contribution in [1.29, 1.82) is 5.26 Å². The Balaban J connectivity index is 1.63. The Morgan fingerprint density at radius 3 is 2.57 bits per heavy atom. The zero-order valence-electron chi connectivity index (χ0n) is 8.54. The second kappa shape index (κ2) is 4.77. The lowest BCUT2D eigenvalue weighted by atomic mass is 10.3. The highest BCUT2D eigenvalue weighted by molar-refractivity contribution is 4.95. The summed E-state index contributed by atoms with van der Waals surface area (Å²) in [6.45, 7) is 0.567. The maximum absolute atomic E-state index is 8.88. The monoisotopic (exact) mass is 194 g/mol. The second-order valence-corrected chi connectivity index (χ2v) is 4.36. The lowest BCUT2D eigenvalue weighted by Crippen LogP contribution is -2.34. The van der Waals surface area contributed by atoms with Crippen LogP contribution in [-0.4, -0.2) is 24.8 Å². The van der Waals surface area contributed by atoms with E-state index in [9.17, 15) is 0 Å². The van der Waals surface area contributed by atoms with Gasteiger partial charge in [-0.1, -0.05) is 12.8 Å². The first-order chi connectivity index (χ1) is 6.88. The van der Waals surface area contributed by atoms with Gasteiger partial charge in [0, 0.05) is 6.04 Å². The molecule has 0 heterocycles. The fourth-order valence-corrected chi connectivity index (χ4v) is 1.94. The highest BCUT2D eigenvalue weighted by Gasteiger charge is 2.25. The first kappa shape index (κ1) is 9.95. The van der Waals surface area contributed by atoms with Gasteiger partial charge in [-0.3, -0.25) is 5.32 Å². The number of nitriles is 1. The number of nitrogens with one attached hydrogen (secondary N) is 1. The van der Waals surface area contributed by atoms with Gasteiger partial charge >= 0.3 is 0 Å². The lowest BCUT2D eigenvalue weighted by molar-refractivity contribution is 0.0508. The summed E-state index contributed by atoms with van der Waals surface area (Å²) < 4.78 is 5.70. The summed E-state index contributed by atoms with van der Waals surface area (Å²) in [5.74, 6) is 0. The van der Waals surface area contributed by atoms with Crippen LogP contribution >= 0.6 is 0 Å². The summed E-state index contributed by atoms with van der Waals surface area (Å²) in [6, 6.07) is 2.76. The van der Waals surface area contributed by atoms with E-state index >= 15 is 0 Å². The average molecular weight is 194 g/mol. The zero-order chi connectivity index (χ0) is 9.80. The van der Waals surface area contributed by atoms with E-state index in [1.165, 1.54) is 38.5 Å². The Hall–Kier alpha value is -0.590. The molecule has 2 saturated carbocycles. The van der Waals surface area contributed by atoms with Crippen molar-refractivity contribution in [3.63, 3.8) is 0 Å². The summed E-state index contributed by atoms with van der Waals surface area (Å²) in [6.07, 6.45) is 7.81. The molecule has 0 spiro atoms. The Bertz CT molecular complexity index is 214. The van der Waals surface area contributed by atoms with Gasteiger partial charge in [0.05, 0.1) is 18.8 Å². The lowest BCUT2D eigenvalue weighted by Gasteiger charge is -2.15. The number of ether oxygens (including phenoxy) is 1. The minimum absolute atomic E-state index is 0.0944. The highest BCUT2D eigenvalue weighted by Crippen LogP contribution is 2.22. The summed E-state index contributed by atoms with van der Waals surface area (Å²) in [5, 5.41) is 12.2. The second-order valence-electron chi connectivity index (χ2n) is 4.36. The van der Waals surface area contributed by atoms with Gasteiger partial charge in [-0.05, 0) is 25.7 Å². The zero-order valence-corrected chi connectivity index (χ0v) is 8.54. The van der Waals surface area contributed by atoms with Gasteiger partial charge in [0.1, 0.15) is 6.04 Å². The molecule has 0 bridgehead atoms. The van der Waals surface area contributed by atoms with E-state index in [0.717, 1.165) is 0 Å². The fraction of sp³-hybridized carbons (Fsp3) is 0.909.